The molecule has 1 aliphatic rings. The van der Waals surface area contributed by atoms with E-state index in [9.17, 15) is 4.79 Å². The first kappa shape index (κ1) is 15.5. The quantitative estimate of drug-likeness (QED) is 0.903. The summed E-state index contributed by atoms with van der Waals surface area (Å²) >= 11 is 0. The standard InChI is InChI=1S/C17H23N3O/c1-20(13-16-4-2-15(12-18)3-5-16)17(21)7-6-14-8-10-19-11-9-14/h2-5,14,19H,6-11,13H2,1H3. The van der Waals surface area contributed by atoms with Crippen LogP contribution in [0.1, 0.15) is 36.8 Å². The van der Waals surface area contributed by atoms with E-state index in [-0.39, 0.29) is 5.91 Å². The van der Waals surface area contributed by atoms with Crippen molar-refractivity contribution in [3.05, 3.63) is 35.4 Å². The van der Waals surface area contributed by atoms with Crippen molar-refractivity contribution in [3.63, 3.8) is 0 Å². The number of nitrogens with one attached hydrogen (secondary N) is 1. The smallest absolute Gasteiger partial charge is 0.222 e. The number of amides is 1. The predicted molar refractivity (Wildman–Crippen MR) is 82.5 cm³/mol. The van der Waals surface area contributed by atoms with Crippen LogP contribution in [0.15, 0.2) is 24.3 Å². The molecule has 1 aromatic carbocycles. The van der Waals surface area contributed by atoms with Crippen LogP contribution in [-0.4, -0.2) is 30.9 Å². The van der Waals surface area contributed by atoms with Crippen molar-refractivity contribution in [2.45, 2.75) is 32.2 Å². The average molecular weight is 285 g/mol. The summed E-state index contributed by atoms with van der Waals surface area (Å²) in [5.74, 6) is 0.899. The van der Waals surface area contributed by atoms with Crippen LogP contribution in [0.2, 0.25) is 0 Å². The van der Waals surface area contributed by atoms with Gasteiger partial charge in [-0.25, -0.2) is 0 Å². The lowest BCUT2D eigenvalue weighted by molar-refractivity contribution is -0.130. The van der Waals surface area contributed by atoms with E-state index in [1.54, 1.807) is 17.0 Å². The summed E-state index contributed by atoms with van der Waals surface area (Å²) in [5, 5.41) is 12.1. The summed E-state index contributed by atoms with van der Waals surface area (Å²) in [6, 6.07) is 9.51. The van der Waals surface area contributed by atoms with Gasteiger partial charge in [0.05, 0.1) is 11.6 Å². The molecule has 0 spiro atoms. The van der Waals surface area contributed by atoms with Gasteiger partial charge in [-0.2, -0.15) is 5.26 Å². The summed E-state index contributed by atoms with van der Waals surface area (Å²) in [5.41, 5.74) is 1.71. The van der Waals surface area contributed by atoms with Gasteiger partial charge in [0, 0.05) is 20.0 Å². The molecule has 0 unspecified atom stereocenters. The summed E-state index contributed by atoms with van der Waals surface area (Å²) in [6.45, 7) is 2.77. The van der Waals surface area contributed by atoms with Crippen molar-refractivity contribution in [1.29, 1.82) is 5.26 Å². The van der Waals surface area contributed by atoms with Crippen LogP contribution in [0.5, 0.6) is 0 Å². The first-order valence-electron chi connectivity index (χ1n) is 7.63. The van der Waals surface area contributed by atoms with Crippen LogP contribution < -0.4 is 5.32 Å². The minimum Gasteiger partial charge on any atom is -0.341 e. The summed E-state index contributed by atoms with van der Waals surface area (Å²) < 4.78 is 0. The Bertz CT molecular complexity index is 498. The molecule has 1 saturated heterocycles. The van der Waals surface area contributed by atoms with Gasteiger partial charge in [0.1, 0.15) is 0 Å². The zero-order valence-corrected chi connectivity index (χ0v) is 12.6. The second kappa shape index (κ2) is 7.80. The molecular weight excluding hydrogens is 262 g/mol. The van der Waals surface area contributed by atoms with Crippen LogP contribution in [-0.2, 0) is 11.3 Å². The zero-order valence-electron chi connectivity index (χ0n) is 12.6. The second-order valence-electron chi connectivity index (χ2n) is 5.79. The molecule has 0 atom stereocenters. The molecule has 4 heteroatoms. The maximum atomic E-state index is 12.2. The number of rotatable bonds is 5. The molecule has 1 aliphatic heterocycles. The molecule has 21 heavy (non-hydrogen) atoms. The third kappa shape index (κ3) is 4.87. The number of carbonyl (C=O) groups is 1. The summed E-state index contributed by atoms with van der Waals surface area (Å²) in [4.78, 5) is 14.0. The first-order chi connectivity index (χ1) is 10.2. The van der Waals surface area contributed by atoms with E-state index in [1.807, 2.05) is 19.2 Å². The van der Waals surface area contributed by atoms with Crippen LogP contribution in [0.25, 0.3) is 0 Å². The van der Waals surface area contributed by atoms with E-state index in [0.717, 1.165) is 25.1 Å². The van der Waals surface area contributed by atoms with Crippen molar-refractivity contribution >= 4 is 5.91 Å². The Morgan fingerprint density at radius 2 is 2.00 bits per heavy atom. The fourth-order valence-electron chi connectivity index (χ4n) is 2.74. The fraction of sp³-hybridized carbons (Fsp3) is 0.529. The van der Waals surface area contributed by atoms with Crippen LogP contribution in [0, 0.1) is 17.2 Å². The number of carbonyl (C=O) groups excluding carboxylic acids is 1. The summed E-state index contributed by atoms with van der Waals surface area (Å²) in [7, 11) is 1.85. The third-order valence-corrected chi connectivity index (χ3v) is 4.15. The van der Waals surface area contributed by atoms with Gasteiger partial charge in [0.15, 0.2) is 0 Å². The number of nitriles is 1. The van der Waals surface area contributed by atoms with Gasteiger partial charge in [-0.3, -0.25) is 4.79 Å². The highest BCUT2D eigenvalue weighted by Gasteiger charge is 2.16. The van der Waals surface area contributed by atoms with E-state index in [4.69, 9.17) is 5.26 Å². The largest absolute Gasteiger partial charge is 0.341 e. The normalized spacial score (nSPS) is 15.4. The van der Waals surface area contributed by atoms with Crippen LogP contribution in [0.4, 0.5) is 0 Å². The molecule has 4 nitrogen and oxygen atoms in total. The lowest BCUT2D eigenvalue weighted by atomic mass is 9.93. The van der Waals surface area contributed by atoms with Crippen LogP contribution in [0.3, 0.4) is 0 Å². The van der Waals surface area contributed by atoms with Crippen molar-refractivity contribution in [3.8, 4) is 6.07 Å². The van der Waals surface area contributed by atoms with Gasteiger partial charge in [0.2, 0.25) is 5.91 Å². The molecule has 1 heterocycles. The SMILES string of the molecule is CN(Cc1ccc(C#N)cc1)C(=O)CCC1CCNCC1. The van der Waals surface area contributed by atoms with E-state index < -0.39 is 0 Å². The Morgan fingerprint density at radius 3 is 2.62 bits per heavy atom. The van der Waals surface area contributed by atoms with Gasteiger partial charge >= 0.3 is 0 Å². The van der Waals surface area contributed by atoms with Crippen molar-refractivity contribution < 1.29 is 4.79 Å². The molecule has 1 N–H and O–H groups in total. The van der Waals surface area contributed by atoms with Gasteiger partial charge in [-0.1, -0.05) is 12.1 Å². The fourth-order valence-corrected chi connectivity index (χ4v) is 2.74. The molecule has 1 amide bonds. The minimum absolute atomic E-state index is 0.206. The lowest BCUT2D eigenvalue weighted by Gasteiger charge is -2.23. The van der Waals surface area contributed by atoms with Crippen LogP contribution >= 0.6 is 0 Å². The predicted octanol–water partition coefficient (Wildman–Crippen LogP) is 2.30. The molecule has 0 aromatic heterocycles. The van der Waals surface area contributed by atoms with Crippen molar-refractivity contribution in [1.82, 2.24) is 10.2 Å². The molecule has 0 saturated carbocycles. The molecule has 0 aliphatic carbocycles. The van der Waals surface area contributed by atoms with E-state index >= 15 is 0 Å². The lowest BCUT2D eigenvalue weighted by Crippen LogP contribution is -2.30. The number of benzene rings is 1. The zero-order chi connectivity index (χ0) is 15.1. The highest BCUT2D eigenvalue weighted by Crippen LogP contribution is 2.18. The number of nitrogens with zero attached hydrogens (tertiary/aromatic N) is 2. The van der Waals surface area contributed by atoms with E-state index in [1.165, 1.54) is 12.8 Å². The van der Waals surface area contributed by atoms with Gasteiger partial charge in [-0.15, -0.1) is 0 Å². The topological polar surface area (TPSA) is 56.1 Å². The second-order valence-corrected chi connectivity index (χ2v) is 5.79. The van der Waals surface area contributed by atoms with Gasteiger partial charge in [-0.05, 0) is 56.0 Å². The highest BCUT2D eigenvalue weighted by molar-refractivity contribution is 5.75. The molecule has 0 bridgehead atoms. The minimum atomic E-state index is 0.206. The molecule has 1 fully saturated rings. The van der Waals surface area contributed by atoms with Gasteiger partial charge < -0.3 is 10.2 Å². The maximum absolute atomic E-state index is 12.2. The molecular formula is C17H23N3O. The Morgan fingerprint density at radius 1 is 1.33 bits per heavy atom. The van der Waals surface area contributed by atoms with Gasteiger partial charge in [0.25, 0.3) is 0 Å². The highest BCUT2D eigenvalue weighted by atomic mass is 16.2. The molecule has 0 radical (unpaired) electrons. The molecule has 1 aromatic rings. The average Bonchev–Trinajstić information content (AvgIpc) is 2.54. The Labute approximate surface area is 126 Å². The summed E-state index contributed by atoms with van der Waals surface area (Å²) in [6.07, 6.45) is 4.01. The maximum Gasteiger partial charge on any atom is 0.222 e. The number of piperidine rings is 1. The van der Waals surface area contributed by atoms with E-state index in [0.29, 0.717) is 24.4 Å². The Hall–Kier alpha value is -1.86. The number of hydrogen-bond acceptors (Lipinski definition) is 3. The Balaban J connectivity index is 1.77. The van der Waals surface area contributed by atoms with E-state index in [2.05, 4.69) is 11.4 Å². The first-order valence-corrected chi connectivity index (χ1v) is 7.63. The molecule has 2 rings (SSSR count). The van der Waals surface area contributed by atoms with Crippen molar-refractivity contribution in [2.75, 3.05) is 20.1 Å². The Kier molecular flexibility index (Phi) is 5.77. The number of hydrogen-bond donors (Lipinski definition) is 1. The van der Waals surface area contributed by atoms with Crippen molar-refractivity contribution in [2.24, 2.45) is 5.92 Å². The molecule has 112 valence electrons. The third-order valence-electron chi connectivity index (χ3n) is 4.15. The monoisotopic (exact) mass is 285 g/mol.